The van der Waals surface area contributed by atoms with Crippen molar-refractivity contribution in [2.75, 3.05) is 29.9 Å². The van der Waals surface area contributed by atoms with E-state index in [0.29, 0.717) is 29.3 Å². The fourth-order valence-corrected chi connectivity index (χ4v) is 5.37. The lowest BCUT2D eigenvalue weighted by Crippen LogP contribution is -2.36. The van der Waals surface area contributed by atoms with Gasteiger partial charge in [0, 0.05) is 36.6 Å². The van der Waals surface area contributed by atoms with Gasteiger partial charge in [-0.15, -0.1) is 0 Å². The molecule has 1 fully saturated rings. The predicted octanol–water partition coefficient (Wildman–Crippen LogP) is 6.68. The average Bonchev–Trinajstić information content (AvgIpc) is 2.99. The molecule has 0 atom stereocenters. The second kappa shape index (κ2) is 13.1. The van der Waals surface area contributed by atoms with Crippen LogP contribution in [0.15, 0.2) is 103 Å². The molecule has 5 heteroatoms. The van der Waals surface area contributed by atoms with E-state index in [0.717, 1.165) is 50.0 Å². The van der Waals surface area contributed by atoms with Crippen LogP contribution in [-0.4, -0.2) is 31.4 Å². The summed E-state index contributed by atoms with van der Waals surface area (Å²) in [5.74, 6) is 0.323. The molecular weight excluding hydrogens is 494 g/mol. The summed E-state index contributed by atoms with van der Waals surface area (Å²) in [6.07, 6.45) is 4.01. The molecular formula is C35H37N3O2. The van der Waals surface area contributed by atoms with E-state index in [9.17, 15) is 9.59 Å². The van der Waals surface area contributed by atoms with Gasteiger partial charge in [-0.25, -0.2) is 0 Å². The molecule has 1 saturated heterocycles. The van der Waals surface area contributed by atoms with E-state index in [1.54, 1.807) is 0 Å². The Hall–Kier alpha value is -4.38. The van der Waals surface area contributed by atoms with Gasteiger partial charge in [0.1, 0.15) is 0 Å². The number of nitrogens with zero attached hydrogens (tertiary/aromatic N) is 1. The maximum Gasteiger partial charge on any atom is 0.255 e. The molecule has 0 bridgehead atoms. The molecule has 5 rings (SSSR count). The molecule has 0 radical (unpaired) electrons. The number of hydrogen-bond donors (Lipinski definition) is 2. The molecule has 1 heterocycles. The van der Waals surface area contributed by atoms with Gasteiger partial charge in [0.05, 0.1) is 5.56 Å². The van der Waals surface area contributed by atoms with Crippen molar-refractivity contribution < 1.29 is 9.59 Å². The summed E-state index contributed by atoms with van der Waals surface area (Å²) in [4.78, 5) is 28.7. The molecule has 0 spiro atoms. The van der Waals surface area contributed by atoms with Crippen molar-refractivity contribution in [1.82, 2.24) is 5.32 Å². The largest absolute Gasteiger partial charge is 0.371 e. The van der Waals surface area contributed by atoms with Gasteiger partial charge < -0.3 is 15.5 Å². The maximum atomic E-state index is 13.5. The van der Waals surface area contributed by atoms with E-state index >= 15 is 0 Å². The van der Waals surface area contributed by atoms with Crippen LogP contribution in [0.25, 0.3) is 0 Å². The number of rotatable bonds is 9. The number of benzene rings is 4. The number of aryl methyl sites for hydroxylation is 1. The minimum absolute atomic E-state index is 0.122. The molecule has 0 unspecified atom stereocenters. The minimum atomic E-state index is -0.190. The maximum absolute atomic E-state index is 13.5. The van der Waals surface area contributed by atoms with Gasteiger partial charge in [-0.1, -0.05) is 78.4 Å². The van der Waals surface area contributed by atoms with E-state index < -0.39 is 0 Å². The summed E-state index contributed by atoms with van der Waals surface area (Å²) in [6, 6.07) is 34.0. The lowest BCUT2D eigenvalue weighted by Gasteiger charge is -2.35. The highest BCUT2D eigenvalue weighted by molar-refractivity contribution is 6.06. The predicted molar refractivity (Wildman–Crippen MR) is 163 cm³/mol. The summed E-state index contributed by atoms with van der Waals surface area (Å²) < 4.78 is 0. The Bertz CT molecular complexity index is 1410. The first-order valence-electron chi connectivity index (χ1n) is 14.2. The van der Waals surface area contributed by atoms with Gasteiger partial charge >= 0.3 is 0 Å². The van der Waals surface area contributed by atoms with E-state index in [1.165, 1.54) is 11.1 Å². The van der Waals surface area contributed by atoms with Crippen molar-refractivity contribution >= 4 is 23.2 Å². The number of nitrogens with one attached hydrogen (secondary N) is 2. The SMILES string of the molecule is Cc1ccc(C(=O)Nc2ccc(N3CCC(Cc4ccccc4)CC3)c(C(=O)NCCc3ccccc3)c2)cc1. The first-order chi connectivity index (χ1) is 19.5. The Morgan fingerprint density at radius 3 is 2.10 bits per heavy atom. The number of hydrogen-bond acceptors (Lipinski definition) is 3. The molecule has 40 heavy (non-hydrogen) atoms. The molecule has 2 N–H and O–H groups in total. The van der Waals surface area contributed by atoms with Crippen LogP contribution in [0.4, 0.5) is 11.4 Å². The molecule has 0 saturated carbocycles. The molecule has 2 amide bonds. The molecule has 204 valence electrons. The first-order valence-corrected chi connectivity index (χ1v) is 14.2. The third-order valence-corrected chi connectivity index (χ3v) is 7.68. The summed E-state index contributed by atoms with van der Waals surface area (Å²) in [5, 5.41) is 6.09. The molecule has 4 aromatic carbocycles. The Labute approximate surface area is 237 Å². The van der Waals surface area contributed by atoms with Crippen LogP contribution in [0, 0.1) is 12.8 Å². The third kappa shape index (κ3) is 7.17. The van der Waals surface area contributed by atoms with Crippen molar-refractivity contribution in [3.63, 3.8) is 0 Å². The van der Waals surface area contributed by atoms with Crippen LogP contribution in [0.1, 0.15) is 50.2 Å². The highest BCUT2D eigenvalue weighted by atomic mass is 16.2. The van der Waals surface area contributed by atoms with Gasteiger partial charge in [-0.2, -0.15) is 0 Å². The van der Waals surface area contributed by atoms with Crippen LogP contribution in [0.5, 0.6) is 0 Å². The highest BCUT2D eigenvalue weighted by Crippen LogP contribution is 2.30. The molecule has 0 aliphatic carbocycles. The molecule has 5 nitrogen and oxygen atoms in total. The van der Waals surface area contributed by atoms with Crippen LogP contribution >= 0.6 is 0 Å². The van der Waals surface area contributed by atoms with Crippen LogP contribution in [0.3, 0.4) is 0 Å². The Kier molecular flexibility index (Phi) is 8.92. The number of carbonyl (C=O) groups excluding carboxylic acids is 2. The first kappa shape index (κ1) is 27.2. The average molecular weight is 532 g/mol. The molecule has 0 aromatic heterocycles. The monoisotopic (exact) mass is 531 g/mol. The Balaban J connectivity index is 1.30. The normalized spacial score (nSPS) is 13.6. The Morgan fingerprint density at radius 1 is 0.775 bits per heavy atom. The van der Waals surface area contributed by atoms with Gasteiger partial charge in [-0.3, -0.25) is 9.59 Å². The quantitative estimate of drug-likeness (QED) is 0.253. The summed E-state index contributed by atoms with van der Waals surface area (Å²) >= 11 is 0. The molecule has 1 aliphatic heterocycles. The van der Waals surface area contributed by atoms with Gasteiger partial charge in [0.2, 0.25) is 0 Å². The minimum Gasteiger partial charge on any atom is -0.371 e. The number of anilines is 2. The second-order valence-electron chi connectivity index (χ2n) is 10.7. The zero-order valence-electron chi connectivity index (χ0n) is 23.1. The van der Waals surface area contributed by atoms with Crippen LogP contribution in [-0.2, 0) is 12.8 Å². The van der Waals surface area contributed by atoms with E-state index in [1.807, 2.05) is 67.6 Å². The standard InChI is InChI=1S/C35H37N3O2/c1-26-12-14-30(15-13-26)34(39)37-31-16-17-33(32(25-31)35(40)36-21-18-27-8-4-2-5-9-27)38-22-19-29(20-23-38)24-28-10-6-3-7-11-28/h2-17,25,29H,18-24H2,1H3,(H,36,40)(H,37,39). The third-order valence-electron chi connectivity index (χ3n) is 7.68. The molecule has 4 aromatic rings. The van der Waals surface area contributed by atoms with Crippen molar-refractivity contribution in [3.05, 3.63) is 131 Å². The summed E-state index contributed by atoms with van der Waals surface area (Å²) in [5.41, 5.74) is 6.38. The van der Waals surface area contributed by atoms with Gasteiger partial charge in [0.25, 0.3) is 11.8 Å². The fourth-order valence-electron chi connectivity index (χ4n) is 5.37. The van der Waals surface area contributed by atoms with E-state index in [-0.39, 0.29) is 11.8 Å². The van der Waals surface area contributed by atoms with Gasteiger partial charge in [0.15, 0.2) is 0 Å². The highest BCUT2D eigenvalue weighted by Gasteiger charge is 2.24. The Morgan fingerprint density at radius 2 is 1.43 bits per heavy atom. The van der Waals surface area contributed by atoms with Crippen molar-refractivity contribution in [1.29, 1.82) is 0 Å². The fraction of sp³-hybridized carbons (Fsp3) is 0.257. The number of carbonyl (C=O) groups is 2. The lowest BCUT2D eigenvalue weighted by molar-refractivity contribution is 0.0953. The summed E-state index contributed by atoms with van der Waals surface area (Å²) in [6.45, 7) is 4.34. The van der Waals surface area contributed by atoms with Crippen LogP contribution < -0.4 is 15.5 Å². The number of piperidine rings is 1. The number of amides is 2. The van der Waals surface area contributed by atoms with E-state index in [4.69, 9.17) is 0 Å². The van der Waals surface area contributed by atoms with E-state index in [2.05, 4.69) is 58.0 Å². The van der Waals surface area contributed by atoms with Crippen molar-refractivity contribution in [3.8, 4) is 0 Å². The second-order valence-corrected chi connectivity index (χ2v) is 10.7. The van der Waals surface area contributed by atoms with Gasteiger partial charge in [-0.05, 0) is 80.0 Å². The topological polar surface area (TPSA) is 61.4 Å². The van der Waals surface area contributed by atoms with Crippen LogP contribution in [0.2, 0.25) is 0 Å². The lowest BCUT2D eigenvalue weighted by atomic mass is 9.89. The van der Waals surface area contributed by atoms with Crippen molar-refractivity contribution in [2.45, 2.75) is 32.6 Å². The summed E-state index contributed by atoms with van der Waals surface area (Å²) in [7, 11) is 0. The van der Waals surface area contributed by atoms with Crippen molar-refractivity contribution in [2.24, 2.45) is 5.92 Å². The smallest absolute Gasteiger partial charge is 0.255 e. The zero-order chi connectivity index (χ0) is 27.7. The zero-order valence-corrected chi connectivity index (χ0v) is 23.1. The molecule has 1 aliphatic rings.